The Morgan fingerprint density at radius 1 is 1.19 bits per heavy atom. The van der Waals surface area contributed by atoms with Crippen LogP contribution in [0.1, 0.15) is 0 Å². The summed E-state index contributed by atoms with van der Waals surface area (Å²) >= 11 is 11.3. The molecule has 2 aromatic carbocycles. The first-order valence-corrected chi connectivity index (χ1v) is 8.68. The lowest BCUT2D eigenvalue weighted by Gasteiger charge is -2.31. The molecule has 2 aliphatic heterocycles. The van der Waals surface area contributed by atoms with Crippen molar-refractivity contribution in [1.82, 2.24) is 5.32 Å². The lowest BCUT2D eigenvalue weighted by molar-refractivity contribution is -0.139. The molecule has 2 aliphatic rings. The Hall–Kier alpha value is -2.90. The number of hydrogen-bond donors (Lipinski definition) is 4. The van der Waals surface area contributed by atoms with E-state index in [0.29, 0.717) is 15.8 Å². The fraction of sp³-hybridized carbons (Fsp3) is 0.111. The lowest BCUT2D eigenvalue weighted by Crippen LogP contribution is -2.43. The molecular formula is C18H16Cl2N4O3. The van der Waals surface area contributed by atoms with Crippen LogP contribution in [-0.2, 0) is 4.79 Å². The zero-order chi connectivity index (χ0) is 19.2. The van der Waals surface area contributed by atoms with E-state index in [1.54, 1.807) is 12.4 Å². The second-order valence-electron chi connectivity index (χ2n) is 5.53. The third-order valence-electron chi connectivity index (χ3n) is 3.59. The van der Waals surface area contributed by atoms with Gasteiger partial charge in [0.25, 0.3) is 0 Å². The van der Waals surface area contributed by atoms with Gasteiger partial charge in [0.2, 0.25) is 0 Å². The molecule has 0 bridgehead atoms. The molecule has 27 heavy (non-hydrogen) atoms. The Morgan fingerprint density at radius 2 is 1.96 bits per heavy atom. The number of rotatable bonds is 3. The van der Waals surface area contributed by atoms with Gasteiger partial charge in [0.05, 0.1) is 34.6 Å². The fourth-order valence-corrected chi connectivity index (χ4v) is 2.85. The van der Waals surface area contributed by atoms with Gasteiger partial charge >= 0.3 is 5.97 Å². The molecule has 0 amide bonds. The minimum absolute atomic E-state index is 0.113. The molecule has 0 saturated carbocycles. The van der Waals surface area contributed by atoms with Gasteiger partial charge in [-0.1, -0.05) is 35.3 Å². The summed E-state index contributed by atoms with van der Waals surface area (Å²) in [5.41, 5.74) is 3.25. The van der Waals surface area contributed by atoms with Gasteiger partial charge in [0.15, 0.2) is 6.61 Å². The Labute approximate surface area is 165 Å². The Balaban J connectivity index is 0.000000157. The summed E-state index contributed by atoms with van der Waals surface area (Å²) in [5, 5.41) is 18.9. The van der Waals surface area contributed by atoms with Crippen LogP contribution < -0.4 is 20.7 Å². The third-order valence-corrected chi connectivity index (χ3v) is 4.12. The molecule has 0 saturated heterocycles. The van der Waals surface area contributed by atoms with Crippen molar-refractivity contribution in [3.05, 3.63) is 64.4 Å². The first-order valence-electron chi connectivity index (χ1n) is 7.93. The Kier molecular flexibility index (Phi) is 6.05. The van der Waals surface area contributed by atoms with E-state index >= 15 is 0 Å². The van der Waals surface area contributed by atoms with Crippen LogP contribution in [0.5, 0.6) is 5.75 Å². The van der Waals surface area contributed by atoms with Crippen molar-refractivity contribution < 1.29 is 14.6 Å². The molecule has 7 nitrogen and oxygen atoms in total. The number of carboxylic acids is 1. The molecule has 1 atom stereocenters. The number of nitrogens with zero attached hydrogens (tertiary/aromatic N) is 1. The number of carboxylic acid groups (broad SMARTS) is 1. The average molecular weight is 407 g/mol. The smallest absolute Gasteiger partial charge is 0.341 e. The predicted molar refractivity (Wildman–Crippen MR) is 107 cm³/mol. The van der Waals surface area contributed by atoms with Gasteiger partial charge in [0.1, 0.15) is 11.9 Å². The second kappa shape index (κ2) is 8.66. The minimum Gasteiger partial charge on any atom is -0.480 e. The van der Waals surface area contributed by atoms with E-state index in [1.165, 1.54) is 12.1 Å². The number of benzene rings is 2. The molecule has 4 N–H and O–H groups in total. The standard InChI is InChI=1S/C10H10N4.C8H6Cl2O3/c1-2-4-8-7(3-1)13-9-5-11-6-12-10(9)14-8;9-5-1-2-7(6(10)3-5)13-4-8(11)12/h1-6,10,13-14H,(H,11,12);1-3H,4H2,(H,11,12). The quantitative estimate of drug-likeness (QED) is 0.619. The molecule has 4 rings (SSSR count). The Morgan fingerprint density at radius 3 is 2.70 bits per heavy atom. The van der Waals surface area contributed by atoms with Crippen LogP contribution in [0.15, 0.2) is 59.4 Å². The molecule has 0 spiro atoms. The zero-order valence-corrected chi connectivity index (χ0v) is 15.5. The first-order chi connectivity index (χ1) is 13.0. The highest BCUT2D eigenvalue weighted by Gasteiger charge is 2.21. The lowest BCUT2D eigenvalue weighted by atomic mass is 10.2. The van der Waals surface area contributed by atoms with Gasteiger partial charge in [-0.25, -0.2) is 9.79 Å². The third kappa shape index (κ3) is 5.06. The molecule has 9 heteroatoms. The van der Waals surface area contributed by atoms with Gasteiger partial charge in [-0.15, -0.1) is 0 Å². The number of halogens is 2. The van der Waals surface area contributed by atoms with Crippen molar-refractivity contribution in [3.8, 4) is 5.75 Å². The number of fused-ring (bicyclic) bond motifs is 2. The highest BCUT2D eigenvalue weighted by molar-refractivity contribution is 6.35. The highest BCUT2D eigenvalue weighted by Crippen LogP contribution is 2.29. The number of nitrogens with one attached hydrogen (secondary N) is 3. The number of para-hydroxylation sites is 2. The van der Waals surface area contributed by atoms with Crippen molar-refractivity contribution in [2.75, 3.05) is 17.2 Å². The van der Waals surface area contributed by atoms with Crippen LogP contribution in [0.3, 0.4) is 0 Å². The topological polar surface area (TPSA) is 95.0 Å². The molecule has 2 heterocycles. The minimum atomic E-state index is -1.05. The summed E-state index contributed by atoms with van der Waals surface area (Å²) in [4.78, 5) is 14.2. The van der Waals surface area contributed by atoms with Gasteiger partial charge < -0.3 is 25.8 Å². The summed E-state index contributed by atoms with van der Waals surface area (Å²) in [5.74, 6) is -0.737. The van der Waals surface area contributed by atoms with Gasteiger partial charge in [-0.3, -0.25) is 0 Å². The number of aliphatic imine (C=N–C) groups is 1. The van der Waals surface area contributed by atoms with E-state index in [9.17, 15) is 4.79 Å². The summed E-state index contributed by atoms with van der Waals surface area (Å²) in [6, 6.07) is 12.7. The van der Waals surface area contributed by atoms with E-state index in [2.05, 4.69) is 20.9 Å². The predicted octanol–water partition coefficient (Wildman–Crippen LogP) is 3.78. The fourth-order valence-electron chi connectivity index (χ4n) is 2.38. The number of hydrogen-bond acceptors (Lipinski definition) is 6. The van der Waals surface area contributed by atoms with E-state index in [4.69, 9.17) is 33.0 Å². The zero-order valence-electron chi connectivity index (χ0n) is 13.9. The van der Waals surface area contributed by atoms with E-state index in [1.807, 2.05) is 30.5 Å². The molecule has 2 aromatic rings. The largest absolute Gasteiger partial charge is 0.480 e. The van der Waals surface area contributed by atoms with Crippen molar-refractivity contribution in [2.45, 2.75) is 6.17 Å². The van der Waals surface area contributed by atoms with Gasteiger partial charge in [-0.2, -0.15) is 0 Å². The SMILES string of the molecule is C1=NC=C2Nc3ccccc3NC2N1.O=C(O)COc1ccc(Cl)cc1Cl. The maximum absolute atomic E-state index is 10.2. The molecule has 0 aliphatic carbocycles. The monoisotopic (exact) mass is 406 g/mol. The summed E-state index contributed by atoms with van der Waals surface area (Å²) in [6.07, 6.45) is 3.63. The number of anilines is 2. The van der Waals surface area contributed by atoms with Gasteiger partial charge in [-0.05, 0) is 30.3 Å². The number of carbonyl (C=O) groups is 1. The van der Waals surface area contributed by atoms with Crippen molar-refractivity contribution in [1.29, 1.82) is 0 Å². The molecule has 0 fully saturated rings. The van der Waals surface area contributed by atoms with Crippen LogP contribution in [0, 0.1) is 0 Å². The first kappa shape index (κ1) is 18.9. The van der Waals surface area contributed by atoms with Crippen LogP contribution >= 0.6 is 23.2 Å². The Bertz CT molecular complexity index is 902. The van der Waals surface area contributed by atoms with Crippen molar-refractivity contribution >= 4 is 46.9 Å². The summed E-state index contributed by atoms with van der Waals surface area (Å²) < 4.78 is 4.86. The average Bonchev–Trinajstić information content (AvgIpc) is 2.66. The van der Waals surface area contributed by atoms with Crippen LogP contribution in [0.2, 0.25) is 10.0 Å². The normalized spacial score (nSPS) is 16.1. The van der Waals surface area contributed by atoms with E-state index < -0.39 is 12.6 Å². The molecule has 0 radical (unpaired) electrons. The molecule has 140 valence electrons. The summed E-state index contributed by atoms with van der Waals surface area (Å²) in [6.45, 7) is -0.415. The molecule has 1 unspecified atom stereocenters. The van der Waals surface area contributed by atoms with Crippen molar-refractivity contribution in [3.63, 3.8) is 0 Å². The van der Waals surface area contributed by atoms with Gasteiger partial charge in [0, 0.05) is 5.02 Å². The number of ether oxygens (including phenoxy) is 1. The van der Waals surface area contributed by atoms with Crippen molar-refractivity contribution in [2.24, 2.45) is 4.99 Å². The summed E-state index contributed by atoms with van der Waals surface area (Å²) in [7, 11) is 0. The van der Waals surface area contributed by atoms with E-state index in [0.717, 1.165) is 17.1 Å². The molecule has 0 aromatic heterocycles. The molecular weight excluding hydrogens is 391 g/mol. The van der Waals surface area contributed by atoms with E-state index in [-0.39, 0.29) is 6.17 Å². The highest BCUT2D eigenvalue weighted by atomic mass is 35.5. The van der Waals surface area contributed by atoms with Crippen LogP contribution in [-0.4, -0.2) is 30.2 Å². The van der Waals surface area contributed by atoms with Crippen LogP contribution in [0.4, 0.5) is 11.4 Å². The van der Waals surface area contributed by atoms with Crippen LogP contribution in [0.25, 0.3) is 0 Å². The maximum Gasteiger partial charge on any atom is 0.341 e. The maximum atomic E-state index is 10.2. The second-order valence-corrected chi connectivity index (χ2v) is 6.38. The number of aliphatic carboxylic acids is 1.